The predicted octanol–water partition coefficient (Wildman–Crippen LogP) is 3.77. The van der Waals surface area contributed by atoms with Crippen molar-refractivity contribution < 1.29 is 14.0 Å². The van der Waals surface area contributed by atoms with E-state index in [9.17, 15) is 14.0 Å². The fraction of sp³-hybridized carbons (Fsp3) is 0.263. The molecule has 3 rings (SSSR count). The molecule has 0 spiro atoms. The van der Waals surface area contributed by atoms with Crippen LogP contribution >= 0.6 is 11.6 Å². The summed E-state index contributed by atoms with van der Waals surface area (Å²) in [5.41, 5.74) is 2.24. The quantitative estimate of drug-likeness (QED) is 0.902. The third-order valence-electron chi connectivity index (χ3n) is 4.27. The van der Waals surface area contributed by atoms with Gasteiger partial charge in [-0.2, -0.15) is 0 Å². The summed E-state index contributed by atoms with van der Waals surface area (Å²) in [6.45, 7) is 2.80. The molecule has 1 saturated heterocycles. The minimum atomic E-state index is -0.596. The van der Waals surface area contributed by atoms with Crippen molar-refractivity contribution in [3.8, 4) is 0 Å². The molecular weight excluding hydrogens is 343 g/mol. The molecule has 1 N–H and O–H groups in total. The summed E-state index contributed by atoms with van der Waals surface area (Å²) in [6.07, 6.45) is 0.132. The van der Waals surface area contributed by atoms with Gasteiger partial charge >= 0.3 is 0 Å². The second-order valence-corrected chi connectivity index (χ2v) is 6.71. The number of likely N-dealkylation sites (tertiary alicyclic amines) is 1. The number of rotatable bonds is 4. The van der Waals surface area contributed by atoms with Gasteiger partial charge in [-0.25, -0.2) is 4.39 Å². The lowest BCUT2D eigenvalue weighted by Gasteiger charge is -2.17. The number of halogens is 2. The van der Waals surface area contributed by atoms with Gasteiger partial charge in [0.1, 0.15) is 5.82 Å². The molecule has 2 amide bonds. The first-order valence-corrected chi connectivity index (χ1v) is 8.39. The van der Waals surface area contributed by atoms with Gasteiger partial charge in [-0.05, 0) is 30.7 Å². The van der Waals surface area contributed by atoms with Gasteiger partial charge in [0.05, 0.1) is 11.6 Å². The molecule has 2 aromatic carbocycles. The number of carbonyl (C=O) groups is 2. The first-order valence-electron chi connectivity index (χ1n) is 8.01. The first-order chi connectivity index (χ1) is 11.9. The molecule has 1 unspecified atom stereocenters. The van der Waals surface area contributed by atoms with E-state index < -0.39 is 11.7 Å². The van der Waals surface area contributed by atoms with E-state index >= 15 is 0 Å². The number of carbonyl (C=O) groups excluding carboxylic acids is 2. The second-order valence-electron chi connectivity index (χ2n) is 6.27. The molecule has 25 heavy (non-hydrogen) atoms. The lowest BCUT2D eigenvalue weighted by atomic mass is 10.1. The van der Waals surface area contributed by atoms with Crippen LogP contribution in [-0.2, 0) is 16.1 Å². The van der Waals surface area contributed by atoms with E-state index in [1.165, 1.54) is 12.1 Å². The van der Waals surface area contributed by atoms with Gasteiger partial charge in [0, 0.05) is 24.5 Å². The van der Waals surface area contributed by atoms with Crippen molar-refractivity contribution in [2.45, 2.75) is 19.9 Å². The Kier molecular flexibility index (Phi) is 5.04. The van der Waals surface area contributed by atoms with Crippen LogP contribution in [0.25, 0.3) is 0 Å². The molecular formula is C19H18ClFN2O2. The zero-order valence-electron chi connectivity index (χ0n) is 13.8. The molecule has 1 fully saturated rings. The van der Waals surface area contributed by atoms with Crippen LogP contribution in [0.2, 0.25) is 5.02 Å². The van der Waals surface area contributed by atoms with Crippen molar-refractivity contribution in [3.63, 3.8) is 0 Å². The molecule has 0 radical (unpaired) electrons. The molecule has 6 heteroatoms. The number of hydrogen-bond donors (Lipinski definition) is 1. The maximum Gasteiger partial charge on any atom is 0.229 e. The van der Waals surface area contributed by atoms with Gasteiger partial charge < -0.3 is 10.2 Å². The average Bonchev–Trinajstić information content (AvgIpc) is 2.93. The van der Waals surface area contributed by atoms with Crippen LogP contribution in [0.5, 0.6) is 0 Å². The minimum absolute atomic E-state index is 0.0684. The van der Waals surface area contributed by atoms with E-state index in [2.05, 4.69) is 5.32 Å². The summed E-state index contributed by atoms with van der Waals surface area (Å²) in [5.74, 6) is -1.52. The van der Waals surface area contributed by atoms with Gasteiger partial charge in [-0.15, -0.1) is 0 Å². The molecule has 0 aliphatic carbocycles. The fourth-order valence-electron chi connectivity index (χ4n) is 2.84. The van der Waals surface area contributed by atoms with E-state index in [1.807, 2.05) is 31.2 Å². The molecule has 4 nitrogen and oxygen atoms in total. The lowest BCUT2D eigenvalue weighted by molar-refractivity contribution is -0.128. The Morgan fingerprint density at radius 2 is 2.00 bits per heavy atom. The van der Waals surface area contributed by atoms with Crippen LogP contribution in [0.3, 0.4) is 0 Å². The third kappa shape index (κ3) is 4.17. The van der Waals surface area contributed by atoms with Crippen molar-refractivity contribution in [1.82, 2.24) is 4.90 Å². The van der Waals surface area contributed by atoms with Gasteiger partial charge in [-0.1, -0.05) is 41.4 Å². The van der Waals surface area contributed by atoms with Crippen molar-refractivity contribution >= 4 is 29.1 Å². The monoisotopic (exact) mass is 360 g/mol. The molecule has 0 saturated carbocycles. The van der Waals surface area contributed by atoms with E-state index in [-0.39, 0.29) is 28.9 Å². The highest BCUT2D eigenvalue weighted by Gasteiger charge is 2.34. The Morgan fingerprint density at radius 1 is 1.28 bits per heavy atom. The van der Waals surface area contributed by atoms with Crippen LogP contribution in [0.1, 0.15) is 17.5 Å². The lowest BCUT2D eigenvalue weighted by Crippen LogP contribution is -2.28. The molecule has 1 aliphatic rings. The summed E-state index contributed by atoms with van der Waals surface area (Å²) in [7, 11) is 0. The number of nitrogens with one attached hydrogen (secondary N) is 1. The van der Waals surface area contributed by atoms with Crippen LogP contribution < -0.4 is 5.32 Å². The molecule has 130 valence electrons. The summed E-state index contributed by atoms with van der Waals surface area (Å²) in [4.78, 5) is 26.2. The van der Waals surface area contributed by atoms with Gasteiger partial charge in [0.2, 0.25) is 11.8 Å². The van der Waals surface area contributed by atoms with E-state index in [1.54, 1.807) is 4.90 Å². The third-order valence-corrected chi connectivity index (χ3v) is 4.50. The molecule has 1 aliphatic heterocycles. The van der Waals surface area contributed by atoms with Crippen molar-refractivity contribution in [2.75, 3.05) is 11.9 Å². The fourth-order valence-corrected chi connectivity index (χ4v) is 3.00. The van der Waals surface area contributed by atoms with Crippen LogP contribution in [-0.4, -0.2) is 23.3 Å². The second kappa shape index (κ2) is 7.23. The number of anilines is 1. The normalized spacial score (nSPS) is 17.0. The van der Waals surface area contributed by atoms with Gasteiger partial charge in [0.15, 0.2) is 0 Å². The Labute approximate surface area is 150 Å². The van der Waals surface area contributed by atoms with Gasteiger partial charge in [-0.3, -0.25) is 9.59 Å². The number of hydrogen-bond acceptors (Lipinski definition) is 2. The standard InChI is InChI=1S/C19H18ClFN2O2/c1-12-2-4-13(5-3-12)10-23-11-14(8-18(23)24)19(25)22-17-7-6-15(20)9-16(17)21/h2-7,9,14H,8,10-11H2,1H3,(H,22,25). The Hall–Kier alpha value is -2.40. The van der Waals surface area contributed by atoms with Crippen LogP contribution in [0.4, 0.5) is 10.1 Å². The highest BCUT2D eigenvalue weighted by atomic mass is 35.5. The molecule has 2 aromatic rings. The van der Waals surface area contributed by atoms with E-state index in [0.29, 0.717) is 13.1 Å². The topological polar surface area (TPSA) is 49.4 Å². The maximum atomic E-state index is 13.8. The predicted molar refractivity (Wildman–Crippen MR) is 94.7 cm³/mol. The number of aryl methyl sites for hydroxylation is 1. The Balaban J connectivity index is 1.63. The van der Waals surface area contributed by atoms with E-state index in [4.69, 9.17) is 11.6 Å². The molecule has 0 bridgehead atoms. The van der Waals surface area contributed by atoms with Crippen molar-refractivity contribution in [2.24, 2.45) is 5.92 Å². The molecule has 0 aromatic heterocycles. The van der Waals surface area contributed by atoms with Crippen molar-refractivity contribution in [3.05, 3.63) is 64.4 Å². The number of amides is 2. The highest BCUT2D eigenvalue weighted by molar-refractivity contribution is 6.30. The van der Waals surface area contributed by atoms with Crippen LogP contribution in [0.15, 0.2) is 42.5 Å². The maximum absolute atomic E-state index is 13.8. The summed E-state index contributed by atoms with van der Waals surface area (Å²) in [5, 5.41) is 2.80. The molecule has 1 heterocycles. The van der Waals surface area contributed by atoms with Crippen LogP contribution in [0, 0.1) is 18.7 Å². The minimum Gasteiger partial charge on any atom is -0.338 e. The number of nitrogens with zero attached hydrogens (tertiary/aromatic N) is 1. The number of benzene rings is 2. The first kappa shape index (κ1) is 17.4. The zero-order chi connectivity index (χ0) is 18.0. The Bertz CT molecular complexity index is 808. The SMILES string of the molecule is Cc1ccc(CN2CC(C(=O)Nc3ccc(Cl)cc3F)CC2=O)cc1. The summed E-state index contributed by atoms with van der Waals surface area (Å²) < 4.78 is 13.8. The largest absolute Gasteiger partial charge is 0.338 e. The summed E-state index contributed by atoms with van der Waals surface area (Å²) in [6, 6.07) is 12.0. The Morgan fingerprint density at radius 3 is 2.68 bits per heavy atom. The summed E-state index contributed by atoms with van der Waals surface area (Å²) >= 11 is 5.70. The smallest absolute Gasteiger partial charge is 0.229 e. The molecule has 1 atom stereocenters. The van der Waals surface area contributed by atoms with Crippen molar-refractivity contribution in [1.29, 1.82) is 0 Å². The highest BCUT2D eigenvalue weighted by Crippen LogP contribution is 2.24. The zero-order valence-corrected chi connectivity index (χ0v) is 14.5. The van der Waals surface area contributed by atoms with E-state index in [0.717, 1.165) is 17.2 Å². The van der Waals surface area contributed by atoms with Gasteiger partial charge in [0.25, 0.3) is 0 Å². The average molecular weight is 361 g/mol.